The number of aryl methyl sites for hydroxylation is 1. The van der Waals surface area contributed by atoms with E-state index in [4.69, 9.17) is 20.8 Å². The monoisotopic (exact) mass is 242 g/mol. The van der Waals surface area contributed by atoms with Crippen molar-refractivity contribution in [3.05, 3.63) is 22.6 Å². The SMILES string of the molecule is CCOC(=O)c1c(C)oc(C2CC2)c1CCl. The van der Waals surface area contributed by atoms with Crippen LogP contribution in [0.2, 0.25) is 0 Å². The molecule has 0 saturated heterocycles. The molecule has 0 N–H and O–H groups in total. The molecule has 0 amide bonds. The van der Waals surface area contributed by atoms with Gasteiger partial charge in [0.1, 0.15) is 17.1 Å². The van der Waals surface area contributed by atoms with Crippen LogP contribution >= 0.6 is 11.6 Å². The summed E-state index contributed by atoms with van der Waals surface area (Å²) in [6.45, 7) is 3.94. The highest BCUT2D eigenvalue weighted by Crippen LogP contribution is 2.44. The van der Waals surface area contributed by atoms with Crippen LogP contribution in [0.15, 0.2) is 4.42 Å². The Labute approximate surface area is 99.7 Å². The third-order valence-corrected chi connectivity index (χ3v) is 3.04. The summed E-state index contributed by atoms with van der Waals surface area (Å²) in [7, 11) is 0. The molecule has 1 fully saturated rings. The molecule has 1 heterocycles. The molecule has 0 bridgehead atoms. The summed E-state index contributed by atoms with van der Waals surface area (Å²) in [5, 5.41) is 0. The minimum atomic E-state index is -0.327. The van der Waals surface area contributed by atoms with E-state index in [2.05, 4.69) is 0 Å². The summed E-state index contributed by atoms with van der Waals surface area (Å²) < 4.78 is 10.6. The van der Waals surface area contributed by atoms with Gasteiger partial charge in [-0.25, -0.2) is 4.79 Å². The fourth-order valence-electron chi connectivity index (χ4n) is 1.89. The molecule has 0 atom stereocenters. The summed E-state index contributed by atoms with van der Waals surface area (Å²) in [4.78, 5) is 11.8. The molecular formula is C12H15ClO3. The van der Waals surface area contributed by atoms with Crippen LogP contribution < -0.4 is 0 Å². The lowest BCUT2D eigenvalue weighted by molar-refractivity contribution is 0.0523. The minimum Gasteiger partial charge on any atom is -0.465 e. The van der Waals surface area contributed by atoms with Crippen LogP contribution in [0.1, 0.15) is 53.1 Å². The van der Waals surface area contributed by atoms with Gasteiger partial charge in [-0.1, -0.05) is 0 Å². The summed E-state index contributed by atoms with van der Waals surface area (Å²) >= 11 is 5.90. The number of ether oxygens (including phenoxy) is 1. The molecule has 88 valence electrons. The largest absolute Gasteiger partial charge is 0.465 e. The molecule has 0 aliphatic heterocycles. The molecule has 1 aromatic rings. The molecule has 4 heteroatoms. The summed E-state index contributed by atoms with van der Waals surface area (Å²) in [6.07, 6.45) is 2.25. The lowest BCUT2D eigenvalue weighted by atomic mass is 10.1. The molecule has 3 nitrogen and oxygen atoms in total. The lowest BCUT2D eigenvalue weighted by Crippen LogP contribution is -2.07. The van der Waals surface area contributed by atoms with E-state index >= 15 is 0 Å². The highest BCUT2D eigenvalue weighted by atomic mass is 35.5. The van der Waals surface area contributed by atoms with E-state index in [0.29, 0.717) is 29.7 Å². The Hall–Kier alpha value is -0.960. The van der Waals surface area contributed by atoms with Crippen molar-refractivity contribution in [3.63, 3.8) is 0 Å². The van der Waals surface area contributed by atoms with Gasteiger partial charge in [0.2, 0.25) is 0 Å². The van der Waals surface area contributed by atoms with Gasteiger partial charge in [0.15, 0.2) is 0 Å². The fourth-order valence-corrected chi connectivity index (χ4v) is 2.16. The zero-order chi connectivity index (χ0) is 11.7. The van der Waals surface area contributed by atoms with Crippen LogP contribution in [-0.4, -0.2) is 12.6 Å². The number of rotatable bonds is 4. The molecule has 16 heavy (non-hydrogen) atoms. The smallest absolute Gasteiger partial charge is 0.342 e. The number of carbonyl (C=O) groups is 1. The number of hydrogen-bond acceptors (Lipinski definition) is 3. The molecule has 0 spiro atoms. The van der Waals surface area contributed by atoms with Gasteiger partial charge >= 0.3 is 5.97 Å². The predicted octanol–water partition coefficient (Wildman–Crippen LogP) is 3.38. The average molecular weight is 243 g/mol. The van der Waals surface area contributed by atoms with E-state index in [1.807, 2.05) is 0 Å². The van der Waals surface area contributed by atoms with Crippen LogP contribution in [0, 0.1) is 6.92 Å². The quantitative estimate of drug-likeness (QED) is 0.600. The number of hydrogen-bond donors (Lipinski definition) is 0. The first-order chi connectivity index (χ1) is 7.69. The van der Waals surface area contributed by atoms with Gasteiger partial charge in [-0.3, -0.25) is 0 Å². The number of furan rings is 1. The third-order valence-electron chi connectivity index (χ3n) is 2.78. The maximum Gasteiger partial charge on any atom is 0.342 e. The van der Waals surface area contributed by atoms with E-state index in [1.165, 1.54) is 0 Å². The second-order valence-corrected chi connectivity index (χ2v) is 4.27. The lowest BCUT2D eigenvalue weighted by Gasteiger charge is -2.02. The van der Waals surface area contributed by atoms with E-state index in [9.17, 15) is 4.79 Å². The van der Waals surface area contributed by atoms with Crippen LogP contribution in [0.3, 0.4) is 0 Å². The first-order valence-electron chi connectivity index (χ1n) is 5.54. The number of carbonyl (C=O) groups excluding carboxylic acids is 1. The molecule has 0 radical (unpaired) electrons. The van der Waals surface area contributed by atoms with Crippen molar-refractivity contribution in [1.82, 2.24) is 0 Å². The number of esters is 1. The minimum absolute atomic E-state index is 0.303. The fraction of sp³-hybridized carbons (Fsp3) is 0.583. The first kappa shape index (κ1) is 11.5. The molecule has 1 aromatic heterocycles. The molecule has 1 saturated carbocycles. The van der Waals surface area contributed by atoms with E-state index in [-0.39, 0.29) is 5.97 Å². The molecule has 2 rings (SSSR count). The van der Waals surface area contributed by atoms with Crippen molar-refractivity contribution in [2.24, 2.45) is 0 Å². The summed E-state index contributed by atoms with van der Waals surface area (Å²) in [6, 6.07) is 0. The van der Waals surface area contributed by atoms with Crippen molar-refractivity contribution >= 4 is 17.6 Å². The molecule has 1 aliphatic rings. The van der Waals surface area contributed by atoms with Gasteiger partial charge in [-0.2, -0.15) is 0 Å². The number of halogens is 1. The van der Waals surface area contributed by atoms with Crippen LogP contribution in [-0.2, 0) is 10.6 Å². The zero-order valence-corrected chi connectivity index (χ0v) is 10.3. The van der Waals surface area contributed by atoms with Gasteiger partial charge in [-0.05, 0) is 26.7 Å². The van der Waals surface area contributed by atoms with Gasteiger partial charge in [0.05, 0.1) is 12.5 Å². The highest BCUT2D eigenvalue weighted by Gasteiger charge is 2.33. The predicted molar refractivity (Wildman–Crippen MR) is 60.9 cm³/mol. The summed E-state index contributed by atoms with van der Waals surface area (Å²) in [5.41, 5.74) is 1.35. The van der Waals surface area contributed by atoms with Crippen molar-refractivity contribution in [2.45, 2.75) is 38.5 Å². The molecular weight excluding hydrogens is 228 g/mol. The normalized spacial score (nSPS) is 15.2. The molecule has 1 aliphatic carbocycles. The topological polar surface area (TPSA) is 39.4 Å². The van der Waals surface area contributed by atoms with Gasteiger partial charge in [0, 0.05) is 11.5 Å². The third kappa shape index (κ3) is 1.96. The number of alkyl halides is 1. The van der Waals surface area contributed by atoms with Crippen molar-refractivity contribution in [1.29, 1.82) is 0 Å². The second-order valence-electron chi connectivity index (χ2n) is 4.00. The van der Waals surface area contributed by atoms with E-state index in [1.54, 1.807) is 13.8 Å². The summed E-state index contributed by atoms with van der Waals surface area (Å²) in [5.74, 6) is 1.94. The van der Waals surface area contributed by atoms with Gasteiger partial charge in [-0.15, -0.1) is 11.6 Å². The Kier molecular flexibility index (Phi) is 3.24. The maximum atomic E-state index is 11.8. The Balaban J connectivity index is 2.38. The Morgan fingerprint density at radius 1 is 1.56 bits per heavy atom. The average Bonchev–Trinajstić information content (AvgIpc) is 3.02. The van der Waals surface area contributed by atoms with Crippen LogP contribution in [0.5, 0.6) is 0 Å². The highest BCUT2D eigenvalue weighted by molar-refractivity contribution is 6.17. The van der Waals surface area contributed by atoms with Crippen molar-refractivity contribution in [3.8, 4) is 0 Å². The zero-order valence-electron chi connectivity index (χ0n) is 9.51. The molecule has 0 unspecified atom stereocenters. The van der Waals surface area contributed by atoms with Crippen molar-refractivity contribution in [2.75, 3.05) is 6.61 Å². The van der Waals surface area contributed by atoms with Gasteiger partial charge < -0.3 is 9.15 Å². The Bertz CT molecular complexity index is 405. The maximum absolute atomic E-state index is 11.8. The van der Waals surface area contributed by atoms with Gasteiger partial charge in [0.25, 0.3) is 0 Å². The van der Waals surface area contributed by atoms with E-state index < -0.39 is 0 Å². The Morgan fingerprint density at radius 3 is 2.75 bits per heavy atom. The van der Waals surface area contributed by atoms with E-state index in [0.717, 1.165) is 24.2 Å². The van der Waals surface area contributed by atoms with Crippen LogP contribution in [0.25, 0.3) is 0 Å². The van der Waals surface area contributed by atoms with Crippen LogP contribution in [0.4, 0.5) is 0 Å². The Morgan fingerprint density at radius 2 is 2.25 bits per heavy atom. The standard InChI is InChI=1S/C12H15ClO3/c1-3-15-12(14)10-7(2)16-11(8-4-5-8)9(10)6-13/h8H,3-6H2,1-2H3. The second kappa shape index (κ2) is 4.50. The first-order valence-corrected chi connectivity index (χ1v) is 6.07. The van der Waals surface area contributed by atoms with Crippen molar-refractivity contribution < 1.29 is 13.9 Å². The molecule has 0 aromatic carbocycles.